The SMILES string of the molecule is Cc1nc(NS(=O)(=O)c2ccccc2Cl)sc1S(N)(=O)=O. The van der Waals surface area contributed by atoms with Crippen molar-refractivity contribution in [2.24, 2.45) is 5.14 Å². The first-order valence-electron chi connectivity index (χ1n) is 5.39. The highest BCUT2D eigenvalue weighted by Crippen LogP contribution is 2.29. The second-order valence-corrected chi connectivity index (χ2v) is 8.79. The predicted octanol–water partition coefficient (Wildman–Crippen LogP) is 1.55. The molecular weight excluding hydrogens is 358 g/mol. The average Bonchev–Trinajstić information content (AvgIpc) is 2.69. The number of primary sulfonamides is 1. The van der Waals surface area contributed by atoms with Crippen LogP contribution >= 0.6 is 22.9 Å². The summed E-state index contributed by atoms with van der Waals surface area (Å²) in [5.41, 5.74) is 0.124. The lowest BCUT2D eigenvalue weighted by molar-refractivity contribution is 0.598. The van der Waals surface area contributed by atoms with E-state index in [2.05, 4.69) is 9.71 Å². The third kappa shape index (κ3) is 3.52. The molecule has 0 aliphatic rings. The molecule has 11 heteroatoms. The molecular formula is C10H10ClN3O4S3. The predicted molar refractivity (Wildman–Crippen MR) is 80.5 cm³/mol. The van der Waals surface area contributed by atoms with Crippen molar-refractivity contribution in [3.8, 4) is 0 Å². The molecule has 0 saturated carbocycles. The number of anilines is 1. The molecule has 0 amide bonds. The molecule has 1 aromatic heterocycles. The first kappa shape index (κ1) is 16.2. The van der Waals surface area contributed by atoms with Gasteiger partial charge in [0, 0.05) is 0 Å². The van der Waals surface area contributed by atoms with Gasteiger partial charge in [-0.2, -0.15) is 0 Å². The Bertz CT molecular complexity index is 890. The van der Waals surface area contributed by atoms with Gasteiger partial charge in [0.2, 0.25) is 10.0 Å². The van der Waals surface area contributed by atoms with Gasteiger partial charge in [-0.05, 0) is 19.1 Å². The van der Waals surface area contributed by atoms with Crippen molar-refractivity contribution in [3.05, 3.63) is 35.0 Å². The van der Waals surface area contributed by atoms with E-state index in [1.54, 1.807) is 6.07 Å². The standard InChI is InChI=1S/C10H10ClN3O4S3/c1-6-9(20(12,15)16)19-10(13-6)14-21(17,18)8-5-3-2-4-7(8)11/h2-5H,1H3,(H,13,14)(H2,12,15,16). The van der Waals surface area contributed by atoms with Crippen LogP contribution in [0, 0.1) is 6.92 Å². The lowest BCUT2D eigenvalue weighted by atomic mass is 10.4. The highest BCUT2D eigenvalue weighted by Gasteiger charge is 2.22. The van der Waals surface area contributed by atoms with Gasteiger partial charge < -0.3 is 0 Å². The molecule has 3 N–H and O–H groups in total. The van der Waals surface area contributed by atoms with E-state index in [9.17, 15) is 16.8 Å². The summed E-state index contributed by atoms with van der Waals surface area (Å²) >= 11 is 6.47. The van der Waals surface area contributed by atoms with Gasteiger partial charge in [-0.15, -0.1) is 0 Å². The summed E-state index contributed by atoms with van der Waals surface area (Å²) in [5, 5.41) is 4.96. The Morgan fingerprint density at radius 3 is 2.38 bits per heavy atom. The number of aromatic nitrogens is 1. The number of hydrogen-bond acceptors (Lipinski definition) is 6. The zero-order chi connectivity index (χ0) is 15.8. The van der Waals surface area contributed by atoms with E-state index in [0.29, 0.717) is 11.3 Å². The molecule has 2 rings (SSSR count). The van der Waals surface area contributed by atoms with Crippen LogP contribution in [-0.2, 0) is 20.0 Å². The molecule has 2 aromatic rings. The number of hydrogen-bond donors (Lipinski definition) is 2. The second kappa shape index (κ2) is 5.54. The van der Waals surface area contributed by atoms with Crippen molar-refractivity contribution in [1.82, 2.24) is 4.98 Å². The third-order valence-electron chi connectivity index (χ3n) is 2.36. The smallest absolute Gasteiger partial charge is 0.255 e. The van der Waals surface area contributed by atoms with Crippen molar-refractivity contribution in [2.75, 3.05) is 4.72 Å². The summed E-state index contributed by atoms with van der Waals surface area (Å²) in [6, 6.07) is 5.86. The van der Waals surface area contributed by atoms with Crippen molar-refractivity contribution in [3.63, 3.8) is 0 Å². The maximum atomic E-state index is 12.2. The van der Waals surface area contributed by atoms with Crippen LogP contribution in [0.2, 0.25) is 5.02 Å². The number of rotatable bonds is 4. The van der Waals surface area contributed by atoms with E-state index >= 15 is 0 Å². The van der Waals surface area contributed by atoms with Gasteiger partial charge >= 0.3 is 0 Å². The Morgan fingerprint density at radius 2 is 1.86 bits per heavy atom. The van der Waals surface area contributed by atoms with Crippen LogP contribution in [0.3, 0.4) is 0 Å². The van der Waals surface area contributed by atoms with Gasteiger partial charge in [-0.1, -0.05) is 35.1 Å². The first-order valence-corrected chi connectivity index (χ1v) is 9.61. The molecule has 7 nitrogen and oxygen atoms in total. The summed E-state index contributed by atoms with van der Waals surface area (Å²) in [6.07, 6.45) is 0. The Morgan fingerprint density at radius 1 is 1.24 bits per heavy atom. The minimum absolute atomic E-state index is 0.0462. The maximum absolute atomic E-state index is 12.2. The largest absolute Gasteiger partial charge is 0.265 e. The zero-order valence-corrected chi connectivity index (χ0v) is 13.8. The van der Waals surface area contributed by atoms with Crippen molar-refractivity contribution < 1.29 is 16.8 Å². The monoisotopic (exact) mass is 367 g/mol. The molecule has 0 aliphatic carbocycles. The molecule has 0 bridgehead atoms. The summed E-state index contributed by atoms with van der Waals surface area (Å²) in [6.45, 7) is 1.42. The van der Waals surface area contributed by atoms with Crippen LogP contribution < -0.4 is 9.86 Å². The number of nitrogens with zero attached hydrogens (tertiary/aromatic N) is 1. The summed E-state index contributed by atoms with van der Waals surface area (Å²) in [7, 11) is -7.91. The zero-order valence-electron chi connectivity index (χ0n) is 10.6. The lowest BCUT2D eigenvalue weighted by Gasteiger charge is -2.06. The van der Waals surface area contributed by atoms with Crippen LogP contribution in [0.1, 0.15) is 5.69 Å². The molecule has 1 aromatic carbocycles. The molecule has 1 heterocycles. The molecule has 0 spiro atoms. The fraction of sp³-hybridized carbons (Fsp3) is 0.100. The Hall–Kier alpha value is -1.20. The quantitative estimate of drug-likeness (QED) is 0.849. The summed E-state index contributed by atoms with van der Waals surface area (Å²) in [4.78, 5) is 3.72. The number of halogens is 1. The van der Waals surface area contributed by atoms with E-state index in [4.69, 9.17) is 16.7 Å². The normalized spacial score (nSPS) is 12.3. The van der Waals surface area contributed by atoms with Crippen LogP contribution in [0.25, 0.3) is 0 Å². The summed E-state index contributed by atoms with van der Waals surface area (Å²) in [5.74, 6) is 0. The molecule has 21 heavy (non-hydrogen) atoms. The molecule has 0 radical (unpaired) electrons. The molecule has 0 saturated heterocycles. The first-order chi connectivity index (χ1) is 9.61. The van der Waals surface area contributed by atoms with E-state index < -0.39 is 20.0 Å². The number of thiazole rings is 1. The van der Waals surface area contributed by atoms with Gasteiger partial charge in [0.15, 0.2) is 9.34 Å². The van der Waals surface area contributed by atoms with Crippen molar-refractivity contribution in [2.45, 2.75) is 16.0 Å². The number of aryl methyl sites for hydroxylation is 1. The fourth-order valence-electron chi connectivity index (χ4n) is 1.52. The maximum Gasteiger partial charge on any atom is 0.265 e. The highest BCUT2D eigenvalue weighted by molar-refractivity contribution is 7.93. The van der Waals surface area contributed by atoms with Crippen LogP contribution in [0.4, 0.5) is 5.13 Å². The minimum Gasteiger partial charge on any atom is -0.255 e. The fourth-order valence-corrected chi connectivity index (χ4v) is 5.14. The topological polar surface area (TPSA) is 119 Å². The van der Waals surface area contributed by atoms with Gasteiger partial charge in [-0.3, -0.25) is 4.72 Å². The van der Waals surface area contributed by atoms with Crippen molar-refractivity contribution >= 4 is 48.1 Å². The molecule has 0 fully saturated rings. The van der Waals surface area contributed by atoms with Gasteiger partial charge in [0.25, 0.3) is 10.0 Å². The summed E-state index contributed by atoms with van der Waals surface area (Å²) < 4.78 is 49.0. The number of nitrogens with two attached hydrogens (primary N) is 1. The van der Waals surface area contributed by atoms with E-state index in [1.807, 2.05) is 0 Å². The molecule has 0 aliphatic heterocycles. The Kier molecular flexibility index (Phi) is 4.26. The Labute approximate surface area is 130 Å². The third-order valence-corrected chi connectivity index (χ3v) is 6.95. The number of nitrogens with one attached hydrogen (secondary N) is 1. The molecule has 114 valence electrons. The van der Waals surface area contributed by atoms with E-state index in [0.717, 1.165) is 0 Å². The second-order valence-electron chi connectivity index (χ2n) is 3.97. The van der Waals surface area contributed by atoms with Gasteiger partial charge in [0.05, 0.1) is 10.7 Å². The lowest BCUT2D eigenvalue weighted by Crippen LogP contribution is -2.13. The average molecular weight is 368 g/mol. The van der Waals surface area contributed by atoms with Crippen LogP contribution in [-0.4, -0.2) is 21.8 Å². The molecule has 0 unspecified atom stereocenters. The van der Waals surface area contributed by atoms with Gasteiger partial charge in [-0.25, -0.2) is 27.0 Å². The van der Waals surface area contributed by atoms with E-state index in [-0.39, 0.29) is 25.0 Å². The number of benzene rings is 1. The highest BCUT2D eigenvalue weighted by atomic mass is 35.5. The minimum atomic E-state index is -3.96. The van der Waals surface area contributed by atoms with Crippen LogP contribution in [0.15, 0.2) is 33.4 Å². The number of sulfonamides is 2. The van der Waals surface area contributed by atoms with Crippen molar-refractivity contribution in [1.29, 1.82) is 0 Å². The van der Waals surface area contributed by atoms with E-state index in [1.165, 1.54) is 25.1 Å². The Balaban J connectivity index is 2.41. The van der Waals surface area contributed by atoms with Gasteiger partial charge in [0.1, 0.15) is 4.90 Å². The molecule has 0 atom stereocenters. The van der Waals surface area contributed by atoms with Crippen LogP contribution in [0.5, 0.6) is 0 Å².